The van der Waals surface area contributed by atoms with E-state index < -0.39 is 6.04 Å². The first-order chi connectivity index (χ1) is 8.63. The first-order valence-corrected chi connectivity index (χ1v) is 6.02. The number of furan rings is 2. The second-order valence-corrected chi connectivity index (χ2v) is 4.69. The zero-order chi connectivity index (χ0) is 12.7. The molecule has 0 aliphatic heterocycles. The molecule has 92 valence electrons. The summed E-state index contributed by atoms with van der Waals surface area (Å²) in [4.78, 5) is 0. The minimum atomic E-state index is -0.398. The van der Waals surface area contributed by atoms with Crippen LogP contribution in [0.1, 0.15) is 23.3 Å². The predicted octanol–water partition coefficient (Wildman–Crippen LogP) is 4.04. The van der Waals surface area contributed by atoms with Gasteiger partial charge < -0.3 is 14.6 Å². The van der Waals surface area contributed by atoms with Gasteiger partial charge in [0.2, 0.25) is 0 Å². The monoisotopic (exact) mass is 261 g/mol. The SMILES string of the molecule is Cc1ccc(C(N)c2cc3cc(Cl)ccc3o2)o1. The van der Waals surface area contributed by atoms with E-state index in [0.717, 1.165) is 16.7 Å². The lowest BCUT2D eigenvalue weighted by Crippen LogP contribution is -2.09. The van der Waals surface area contributed by atoms with Crippen molar-refractivity contribution in [1.82, 2.24) is 0 Å². The summed E-state index contributed by atoms with van der Waals surface area (Å²) in [6, 6.07) is 10.7. The topological polar surface area (TPSA) is 52.3 Å². The lowest BCUT2D eigenvalue weighted by Gasteiger charge is -2.04. The zero-order valence-electron chi connectivity index (χ0n) is 9.81. The van der Waals surface area contributed by atoms with E-state index in [1.165, 1.54) is 0 Å². The molecule has 2 aromatic heterocycles. The number of benzene rings is 1. The summed E-state index contributed by atoms with van der Waals surface area (Å²) < 4.78 is 11.2. The van der Waals surface area contributed by atoms with Gasteiger partial charge in [0, 0.05) is 10.4 Å². The van der Waals surface area contributed by atoms with Gasteiger partial charge in [-0.1, -0.05) is 11.6 Å². The van der Waals surface area contributed by atoms with E-state index in [1.807, 2.05) is 37.3 Å². The van der Waals surface area contributed by atoms with Gasteiger partial charge in [0.15, 0.2) is 0 Å². The summed E-state index contributed by atoms with van der Waals surface area (Å²) in [7, 11) is 0. The van der Waals surface area contributed by atoms with E-state index in [0.29, 0.717) is 16.5 Å². The number of aryl methyl sites for hydroxylation is 1. The van der Waals surface area contributed by atoms with E-state index in [-0.39, 0.29) is 0 Å². The molecule has 3 aromatic rings. The molecule has 4 heteroatoms. The van der Waals surface area contributed by atoms with Gasteiger partial charge in [-0.25, -0.2) is 0 Å². The highest BCUT2D eigenvalue weighted by atomic mass is 35.5. The largest absolute Gasteiger partial charge is 0.464 e. The third-order valence-electron chi connectivity index (χ3n) is 2.87. The highest BCUT2D eigenvalue weighted by molar-refractivity contribution is 6.31. The summed E-state index contributed by atoms with van der Waals surface area (Å²) in [5.74, 6) is 2.19. The fourth-order valence-corrected chi connectivity index (χ4v) is 2.13. The number of nitrogens with two attached hydrogens (primary N) is 1. The van der Waals surface area contributed by atoms with Gasteiger partial charge in [-0.2, -0.15) is 0 Å². The van der Waals surface area contributed by atoms with E-state index in [4.69, 9.17) is 26.2 Å². The molecule has 1 unspecified atom stereocenters. The van der Waals surface area contributed by atoms with Crippen LogP contribution in [-0.2, 0) is 0 Å². The first kappa shape index (κ1) is 11.4. The first-order valence-electron chi connectivity index (χ1n) is 5.64. The van der Waals surface area contributed by atoms with Crippen LogP contribution in [0.25, 0.3) is 11.0 Å². The molecular formula is C14H12ClNO2. The Labute approximate surface area is 109 Å². The molecule has 0 fully saturated rings. The molecule has 3 nitrogen and oxygen atoms in total. The van der Waals surface area contributed by atoms with Gasteiger partial charge >= 0.3 is 0 Å². The van der Waals surface area contributed by atoms with Gasteiger partial charge in [0.1, 0.15) is 28.9 Å². The number of hydrogen-bond acceptors (Lipinski definition) is 3. The number of rotatable bonds is 2. The van der Waals surface area contributed by atoms with Crippen LogP contribution in [0.5, 0.6) is 0 Å². The highest BCUT2D eigenvalue weighted by Crippen LogP contribution is 2.29. The molecule has 1 aromatic carbocycles. The Balaban J connectivity index is 2.03. The van der Waals surface area contributed by atoms with E-state index in [1.54, 1.807) is 6.07 Å². The Hall–Kier alpha value is -1.71. The van der Waals surface area contributed by atoms with Crippen LogP contribution in [-0.4, -0.2) is 0 Å². The molecular weight excluding hydrogens is 250 g/mol. The molecule has 0 aliphatic carbocycles. The number of halogens is 1. The highest BCUT2D eigenvalue weighted by Gasteiger charge is 2.17. The van der Waals surface area contributed by atoms with Crippen LogP contribution in [0.3, 0.4) is 0 Å². The van der Waals surface area contributed by atoms with Gasteiger partial charge in [-0.3, -0.25) is 0 Å². The summed E-state index contributed by atoms with van der Waals surface area (Å²) in [5, 5.41) is 1.62. The minimum Gasteiger partial charge on any atom is -0.464 e. The molecule has 0 radical (unpaired) electrons. The van der Waals surface area contributed by atoms with Crippen LogP contribution >= 0.6 is 11.6 Å². The van der Waals surface area contributed by atoms with E-state index in [9.17, 15) is 0 Å². The van der Waals surface area contributed by atoms with Crippen molar-refractivity contribution in [3.05, 3.63) is 58.7 Å². The van der Waals surface area contributed by atoms with Gasteiger partial charge in [-0.05, 0) is 43.3 Å². The zero-order valence-corrected chi connectivity index (χ0v) is 10.6. The third-order valence-corrected chi connectivity index (χ3v) is 3.11. The predicted molar refractivity (Wildman–Crippen MR) is 70.7 cm³/mol. The van der Waals surface area contributed by atoms with Crippen LogP contribution in [0, 0.1) is 6.92 Å². The summed E-state index contributed by atoms with van der Waals surface area (Å²) in [5.41, 5.74) is 6.88. The molecule has 3 rings (SSSR count). The third kappa shape index (κ3) is 1.92. The Kier molecular flexibility index (Phi) is 2.65. The van der Waals surface area contributed by atoms with Gasteiger partial charge in [0.25, 0.3) is 0 Å². The smallest absolute Gasteiger partial charge is 0.134 e. The fourth-order valence-electron chi connectivity index (χ4n) is 1.95. The van der Waals surface area contributed by atoms with Crippen molar-refractivity contribution in [2.45, 2.75) is 13.0 Å². The summed E-state index contributed by atoms with van der Waals surface area (Å²) in [6.07, 6.45) is 0. The molecule has 2 N–H and O–H groups in total. The molecule has 18 heavy (non-hydrogen) atoms. The lowest BCUT2D eigenvalue weighted by atomic mass is 10.1. The second-order valence-electron chi connectivity index (χ2n) is 4.26. The molecule has 0 spiro atoms. The van der Waals surface area contributed by atoms with Crippen LogP contribution in [0.15, 0.2) is 45.2 Å². The molecule has 0 bridgehead atoms. The molecule has 1 atom stereocenters. The molecule has 0 amide bonds. The normalized spacial score (nSPS) is 13.1. The maximum Gasteiger partial charge on any atom is 0.134 e. The van der Waals surface area contributed by atoms with Crippen molar-refractivity contribution in [2.75, 3.05) is 0 Å². The van der Waals surface area contributed by atoms with Crippen molar-refractivity contribution in [3.63, 3.8) is 0 Å². The molecule has 0 saturated heterocycles. The Morgan fingerprint density at radius 3 is 2.61 bits per heavy atom. The maximum atomic E-state index is 6.11. The summed E-state index contributed by atoms with van der Waals surface area (Å²) in [6.45, 7) is 1.88. The quantitative estimate of drug-likeness (QED) is 0.757. The van der Waals surface area contributed by atoms with Crippen molar-refractivity contribution in [3.8, 4) is 0 Å². The number of hydrogen-bond donors (Lipinski definition) is 1. The standard InChI is InChI=1S/C14H12ClNO2/c1-8-2-4-12(17-8)14(16)13-7-9-6-10(15)3-5-11(9)18-13/h2-7,14H,16H2,1H3. The van der Waals surface area contributed by atoms with Crippen molar-refractivity contribution in [1.29, 1.82) is 0 Å². The average Bonchev–Trinajstić information content (AvgIpc) is 2.93. The van der Waals surface area contributed by atoms with Crippen LogP contribution in [0.4, 0.5) is 0 Å². The fraction of sp³-hybridized carbons (Fsp3) is 0.143. The van der Waals surface area contributed by atoms with Crippen molar-refractivity contribution in [2.24, 2.45) is 5.73 Å². The maximum absolute atomic E-state index is 6.11. The molecule has 0 aliphatic rings. The summed E-state index contributed by atoms with van der Waals surface area (Å²) >= 11 is 5.94. The molecule has 2 heterocycles. The van der Waals surface area contributed by atoms with Crippen LogP contribution < -0.4 is 5.73 Å². The Bertz CT molecular complexity index is 699. The second kappa shape index (κ2) is 4.19. The van der Waals surface area contributed by atoms with E-state index >= 15 is 0 Å². The average molecular weight is 262 g/mol. The van der Waals surface area contributed by atoms with Crippen molar-refractivity contribution < 1.29 is 8.83 Å². The Morgan fingerprint density at radius 2 is 1.89 bits per heavy atom. The Morgan fingerprint density at radius 1 is 1.06 bits per heavy atom. The van der Waals surface area contributed by atoms with Crippen LogP contribution in [0.2, 0.25) is 5.02 Å². The lowest BCUT2D eigenvalue weighted by molar-refractivity contribution is 0.431. The van der Waals surface area contributed by atoms with E-state index in [2.05, 4.69) is 0 Å². The van der Waals surface area contributed by atoms with Gasteiger partial charge in [0.05, 0.1) is 0 Å². The minimum absolute atomic E-state index is 0.398. The molecule has 0 saturated carbocycles. The number of fused-ring (bicyclic) bond motifs is 1. The van der Waals surface area contributed by atoms with Crippen molar-refractivity contribution >= 4 is 22.6 Å². The van der Waals surface area contributed by atoms with Gasteiger partial charge in [-0.15, -0.1) is 0 Å².